The highest BCUT2D eigenvalue weighted by Crippen LogP contribution is 2.26. The van der Waals surface area contributed by atoms with Crippen LogP contribution in [0.15, 0.2) is 36.8 Å². The molecule has 1 fully saturated rings. The summed E-state index contributed by atoms with van der Waals surface area (Å²) in [5.41, 5.74) is 1.82. The number of hydrogen-bond donors (Lipinski definition) is 1. The van der Waals surface area contributed by atoms with Crippen molar-refractivity contribution in [2.24, 2.45) is 0 Å². The summed E-state index contributed by atoms with van der Waals surface area (Å²) in [5, 5.41) is 3.16. The highest BCUT2D eigenvalue weighted by molar-refractivity contribution is 5.94. The molecule has 4 rings (SSSR count). The third-order valence-corrected chi connectivity index (χ3v) is 4.58. The summed E-state index contributed by atoms with van der Waals surface area (Å²) in [5.74, 6) is 1.75. The number of anilines is 1. The van der Waals surface area contributed by atoms with Crippen LogP contribution < -0.4 is 15.0 Å². The molecule has 1 amide bonds. The van der Waals surface area contributed by atoms with Crippen LogP contribution in [0.25, 0.3) is 0 Å². The molecule has 1 saturated heterocycles. The zero-order valence-electron chi connectivity index (χ0n) is 13.4. The standard InChI is InChI=1S/C18H20N4O2/c23-18(14-3-4-16-13(10-14)5-9-24-16)21-15-2-1-8-22(12-15)17-11-19-6-7-20-17/h3-4,6-7,10-11,15H,1-2,5,8-9,12H2,(H,21,23)/t15-/m0/s1. The molecule has 3 heterocycles. The Morgan fingerprint density at radius 3 is 3.17 bits per heavy atom. The Kier molecular flexibility index (Phi) is 4.02. The summed E-state index contributed by atoms with van der Waals surface area (Å²) >= 11 is 0. The van der Waals surface area contributed by atoms with Crippen LogP contribution in [-0.4, -0.2) is 41.6 Å². The van der Waals surface area contributed by atoms with E-state index in [4.69, 9.17) is 4.74 Å². The van der Waals surface area contributed by atoms with E-state index in [1.807, 2.05) is 18.2 Å². The number of amides is 1. The molecule has 1 N–H and O–H groups in total. The summed E-state index contributed by atoms with van der Waals surface area (Å²) in [6.45, 7) is 2.41. The molecule has 2 aromatic rings. The van der Waals surface area contributed by atoms with Gasteiger partial charge in [-0.2, -0.15) is 0 Å². The van der Waals surface area contributed by atoms with E-state index in [0.29, 0.717) is 12.2 Å². The fourth-order valence-electron chi connectivity index (χ4n) is 3.35. The van der Waals surface area contributed by atoms with Crippen molar-refractivity contribution in [1.29, 1.82) is 0 Å². The fourth-order valence-corrected chi connectivity index (χ4v) is 3.35. The second-order valence-corrected chi connectivity index (χ2v) is 6.24. The van der Waals surface area contributed by atoms with Crippen molar-refractivity contribution < 1.29 is 9.53 Å². The Bertz CT molecular complexity index is 735. The first-order valence-corrected chi connectivity index (χ1v) is 8.37. The van der Waals surface area contributed by atoms with E-state index in [-0.39, 0.29) is 11.9 Å². The molecule has 1 aromatic heterocycles. The minimum Gasteiger partial charge on any atom is -0.493 e. The van der Waals surface area contributed by atoms with E-state index < -0.39 is 0 Å². The predicted octanol–water partition coefficient (Wildman–Crippen LogP) is 1.81. The number of fused-ring (bicyclic) bond motifs is 1. The van der Waals surface area contributed by atoms with Crippen LogP contribution in [0.1, 0.15) is 28.8 Å². The maximum absolute atomic E-state index is 12.6. The molecule has 6 nitrogen and oxygen atoms in total. The van der Waals surface area contributed by atoms with Gasteiger partial charge in [0.05, 0.1) is 12.8 Å². The minimum atomic E-state index is -0.0179. The SMILES string of the molecule is O=C(N[C@H]1CCCN(c2cnccn2)C1)c1ccc2c(c1)CCO2. The van der Waals surface area contributed by atoms with Gasteiger partial charge in [0, 0.05) is 43.5 Å². The van der Waals surface area contributed by atoms with Gasteiger partial charge in [-0.15, -0.1) is 0 Å². The summed E-state index contributed by atoms with van der Waals surface area (Å²) < 4.78 is 5.49. The maximum atomic E-state index is 12.6. The van der Waals surface area contributed by atoms with Gasteiger partial charge >= 0.3 is 0 Å². The van der Waals surface area contributed by atoms with E-state index in [1.54, 1.807) is 18.6 Å². The number of aromatic nitrogens is 2. The molecule has 0 aliphatic carbocycles. The zero-order valence-corrected chi connectivity index (χ0v) is 13.4. The number of ether oxygens (including phenoxy) is 1. The van der Waals surface area contributed by atoms with Gasteiger partial charge in [0.25, 0.3) is 5.91 Å². The van der Waals surface area contributed by atoms with Crippen molar-refractivity contribution in [3.05, 3.63) is 47.9 Å². The molecule has 24 heavy (non-hydrogen) atoms. The fraction of sp³-hybridized carbons (Fsp3) is 0.389. The Labute approximate surface area is 140 Å². The lowest BCUT2D eigenvalue weighted by Gasteiger charge is -2.33. The van der Waals surface area contributed by atoms with E-state index >= 15 is 0 Å². The summed E-state index contributed by atoms with van der Waals surface area (Å²) in [6, 6.07) is 5.80. The number of piperidine rings is 1. The highest BCUT2D eigenvalue weighted by atomic mass is 16.5. The van der Waals surface area contributed by atoms with E-state index in [0.717, 1.165) is 49.5 Å². The maximum Gasteiger partial charge on any atom is 0.251 e. The van der Waals surface area contributed by atoms with Gasteiger partial charge in [-0.05, 0) is 36.6 Å². The van der Waals surface area contributed by atoms with Crippen molar-refractivity contribution in [3.63, 3.8) is 0 Å². The van der Waals surface area contributed by atoms with Crippen molar-refractivity contribution >= 4 is 11.7 Å². The van der Waals surface area contributed by atoms with E-state index in [1.165, 1.54) is 0 Å². The van der Waals surface area contributed by atoms with Crippen molar-refractivity contribution in [2.75, 3.05) is 24.6 Å². The third-order valence-electron chi connectivity index (χ3n) is 4.58. The van der Waals surface area contributed by atoms with Crippen LogP contribution in [-0.2, 0) is 6.42 Å². The molecule has 1 aromatic carbocycles. The zero-order chi connectivity index (χ0) is 16.4. The molecular weight excluding hydrogens is 304 g/mol. The smallest absolute Gasteiger partial charge is 0.251 e. The van der Waals surface area contributed by atoms with Gasteiger partial charge < -0.3 is 15.0 Å². The number of carbonyl (C=O) groups is 1. The lowest BCUT2D eigenvalue weighted by Crippen LogP contribution is -2.48. The number of nitrogens with zero attached hydrogens (tertiary/aromatic N) is 3. The van der Waals surface area contributed by atoms with Gasteiger partial charge in [-0.1, -0.05) is 0 Å². The van der Waals surface area contributed by atoms with E-state index in [2.05, 4.69) is 20.2 Å². The highest BCUT2D eigenvalue weighted by Gasteiger charge is 2.23. The van der Waals surface area contributed by atoms with Crippen molar-refractivity contribution in [1.82, 2.24) is 15.3 Å². The van der Waals surface area contributed by atoms with Crippen LogP contribution in [0.3, 0.4) is 0 Å². The van der Waals surface area contributed by atoms with E-state index in [9.17, 15) is 4.79 Å². The molecule has 0 saturated carbocycles. The molecule has 2 aliphatic heterocycles. The lowest BCUT2D eigenvalue weighted by molar-refractivity contribution is 0.0933. The Morgan fingerprint density at radius 2 is 2.29 bits per heavy atom. The number of benzene rings is 1. The second-order valence-electron chi connectivity index (χ2n) is 6.24. The summed E-state index contributed by atoms with van der Waals surface area (Å²) in [7, 11) is 0. The first-order chi connectivity index (χ1) is 11.8. The first kappa shape index (κ1) is 14.9. The van der Waals surface area contributed by atoms with Crippen LogP contribution in [0.4, 0.5) is 5.82 Å². The average Bonchev–Trinajstić information content (AvgIpc) is 3.10. The quantitative estimate of drug-likeness (QED) is 0.933. The molecule has 124 valence electrons. The normalized spacial score (nSPS) is 19.5. The van der Waals surface area contributed by atoms with Crippen LogP contribution in [0, 0.1) is 0 Å². The van der Waals surface area contributed by atoms with Crippen LogP contribution >= 0.6 is 0 Å². The van der Waals surface area contributed by atoms with Crippen molar-refractivity contribution in [3.8, 4) is 5.75 Å². The predicted molar refractivity (Wildman–Crippen MR) is 90.4 cm³/mol. The summed E-state index contributed by atoms with van der Waals surface area (Å²) in [4.78, 5) is 23.2. The molecule has 1 atom stereocenters. The Morgan fingerprint density at radius 1 is 1.33 bits per heavy atom. The summed E-state index contributed by atoms with van der Waals surface area (Å²) in [6.07, 6.45) is 8.02. The molecule has 0 bridgehead atoms. The van der Waals surface area contributed by atoms with Gasteiger partial charge in [0.2, 0.25) is 0 Å². The molecule has 2 aliphatic rings. The average molecular weight is 324 g/mol. The molecule has 0 radical (unpaired) electrons. The number of hydrogen-bond acceptors (Lipinski definition) is 5. The van der Waals surface area contributed by atoms with Gasteiger partial charge in [-0.3, -0.25) is 9.78 Å². The molecule has 0 spiro atoms. The largest absolute Gasteiger partial charge is 0.493 e. The molecule has 6 heteroatoms. The van der Waals surface area contributed by atoms with Gasteiger partial charge in [0.1, 0.15) is 11.6 Å². The van der Waals surface area contributed by atoms with Gasteiger partial charge in [0.15, 0.2) is 0 Å². The number of nitrogens with one attached hydrogen (secondary N) is 1. The topological polar surface area (TPSA) is 67.4 Å². The Hall–Kier alpha value is -2.63. The third kappa shape index (κ3) is 3.04. The molecule has 0 unspecified atom stereocenters. The second kappa shape index (κ2) is 6.47. The lowest BCUT2D eigenvalue weighted by atomic mass is 10.0. The monoisotopic (exact) mass is 324 g/mol. The van der Waals surface area contributed by atoms with Gasteiger partial charge in [-0.25, -0.2) is 4.98 Å². The molecular formula is C18H20N4O2. The Balaban J connectivity index is 1.42. The van der Waals surface area contributed by atoms with Crippen molar-refractivity contribution in [2.45, 2.75) is 25.3 Å². The number of rotatable bonds is 3. The first-order valence-electron chi connectivity index (χ1n) is 8.37. The van der Waals surface area contributed by atoms with Crippen LogP contribution in [0.5, 0.6) is 5.75 Å². The minimum absolute atomic E-state index is 0.0179. The van der Waals surface area contributed by atoms with Crippen LogP contribution in [0.2, 0.25) is 0 Å². The number of carbonyl (C=O) groups excluding carboxylic acids is 1.